The number of amides is 1. The van der Waals surface area contributed by atoms with Gasteiger partial charge in [-0.1, -0.05) is 23.7 Å². The van der Waals surface area contributed by atoms with Crippen LogP contribution in [-0.2, 0) is 13.2 Å². The van der Waals surface area contributed by atoms with Gasteiger partial charge >= 0.3 is 0 Å². The number of benzene rings is 2. The minimum atomic E-state index is -0.158. The Bertz CT molecular complexity index is 949. The molecule has 0 aliphatic heterocycles. The van der Waals surface area contributed by atoms with Crippen molar-refractivity contribution in [1.29, 1.82) is 0 Å². The maximum Gasteiger partial charge on any atom is 0.255 e. The number of ether oxygens (including phenoxy) is 1. The van der Waals surface area contributed by atoms with Crippen molar-refractivity contribution in [3.8, 4) is 5.75 Å². The molecule has 0 atom stereocenters. The minimum Gasteiger partial charge on any atom is -0.489 e. The molecule has 1 N–H and O–H groups in total. The zero-order valence-electron chi connectivity index (χ0n) is 15.6. The van der Waals surface area contributed by atoms with Crippen LogP contribution in [0.2, 0.25) is 5.02 Å². The summed E-state index contributed by atoms with van der Waals surface area (Å²) in [6.45, 7) is 7.08. The summed E-state index contributed by atoms with van der Waals surface area (Å²) in [5, 5.41) is 7.86. The fourth-order valence-corrected chi connectivity index (χ4v) is 2.83. The van der Waals surface area contributed by atoms with Crippen LogP contribution >= 0.6 is 11.6 Å². The van der Waals surface area contributed by atoms with Gasteiger partial charge in [0.15, 0.2) is 0 Å². The van der Waals surface area contributed by atoms with E-state index in [4.69, 9.17) is 16.3 Å². The average Bonchev–Trinajstić information content (AvgIpc) is 3.02. The molecular formula is C21H22ClN3O2. The van der Waals surface area contributed by atoms with E-state index in [2.05, 4.69) is 10.4 Å². The molecule has 6 heteroatoms. The van der Waals surface area contributed by atoms with E-state index < -0.39 is 0 Å². The molecule has 0 saturated heterocycles. The van der Waals surface area contributed by atoms with Crippen LogP contribution in [0.4, 0.5) is 5.69 Å². The smallest absolute Gasteiger partial charge is 0.255 e. The number of carbonyl (C=O) groups is 1. The topological polar surface area (TPSA) is 56.2 Å². The standard InChI is InChI=1S/C21H22ClN3O2/c1-4-25-15(3)20(12-23-25)24-21(26)17-7-5-16(6-8-17)13-27-18-9-10-19(22)14(2)11-18/h5-12H,4,13H2,1-3H3,(H,24,26). The summed E-state index contributed by atoms with van der Waals surface area (Å²) in [5.41, 5.74) is 4.21. The maximum absolute atomic E-state index is 12.4. The minimum absolute atomic E-state index is 0.158. The number of hydrogen-bond acceptors (Lipinski definition) is 3. The van der Waals surface area contributed by atoms with Crippen molar-refractivity contribution >= 4 is 23.2 Å². The van der Waals surface area contributed by atoms with E-state index in [0.29, 0.717) is 12.2 Å². The highest BCUT2D eigenvalue weighted by molar-refractivity contribution is 6.31. The van der Waals surface area contributed by atoms with Gasteiger partial charge in [-0.2, -0.15) is 5.10 Å². The largest absolute Gasteiger partial charge is 0.489 e. The van der Waals surface area contributed by atoms with Crippen LogP contribution in [0.3, 0.4) is 0 Å². The highest BCUT2D eigenvalue weighted by Crippen LogP contribution is 2.22. The molecule has 3 rings (SSSR count). The van der Waals surface area contributed by atoms with Crippen LogP contribution in [0.25, 0.3) is 0 Å². The van der Waals surface area contributed by atoms with Crippen LogP contribution in [-0.4, -0.2) is 15.7 Å². The van der Waals surface area contributed by atoms with E-state index in [1.165, 1.54) is 0 Å². The summed E-state index contributed by atoms with van der Waals surface area (Å²) in [6.07, 6.45) is 1.67. The van der Waals surface area contributed by atoms with E-state index in [-0.39, 0.29) is 5.91 Å². The third kappa shape index (κ3) is 4.49. The van der Waals surface area contributed by atoms with Gasteiger partial charge in [0, 0.05) is 17.1 Å². The quantitative estimate of drug-likeness (QED) is 0.651. The predicted molar refractivity (Wildman–Crippen MR) is 108 cm³/mol. The van der Waals surface area contributed by atoms with Gasteiger partial charge in [0.1, 0.15) is 12.4 Å². The van der Waals surface area contributed by atoms with Crippen LogP contribution < -0.4 is 10.1 Å². The zero-order chi connectivity index (χ0) is 19.4. The Balaban J connectivity index is 1.61. The third-order valence-corrected chi connectivity index (χ3v) is 4.83. The Hall–Kier alpha value is -2.79. The summed E-state index contributed by atoms with van der Waals surface area (Å²) in [6, 6.07) is 12.9. The van der Waals surface area contributed by atoms with Crippen molar-refractivity contribution in [2.24, 2.45) is 0 Å². The lowest BCUT2D eigenvalue weighted by molar-refractivity contribution is 0.102. The van der Waals surface area contributed by atoms with Gasteiger partial charge in [-0.3, -0.25) is 9.48 Å². The molecule has 1 aromatic heterocycles. The second-order valence-electron chi connectivity index (χ2n) is 6.31. The summed E-state index contributed by atoms with van der Waals surface area (Å²) in [5.74, 6) is 0.608. The number of anilines is 1. The molecule has 0 radical (unpaired) electrons. The van der Waals surface area contributed by atoms with Gasteiger partial charge in [0.05, 0.1) is 17.6 Å². The Morgan fingerprint density at radius 1 is 1.19 bits per heavy atom. The van der Waals surface area contributed by atoms with E-state index in [0.717, 1.165) is 39.8 Å². The average molecular weight is 384 g/mol. The number of halogens is 1. The Morgan fingerprint density at radius 2 is 1.93 bits per heavy atom. The molecule has 0 unspecified atom stereocenters. The molecule has 1 heterocycles. The highest BCUT2D eigenvalue weighted by atomic mass is 35.5. The summed E-state index contributed by atoms with van der Waals surface area (Å²) in [7, 11) is 0. The second-order valence-corrected chi connectivity index (χ2v) is 6.72. The summed E-state index contributed by atoms with van der Waals surface area (Å²) in [4.78, 5) is 12.4. The van der Waals surface area contributed by atoms with Gasteiger partial charge in [0.25, 0.3) is 5.91 Å². The van der Waals surface area contributed by atoms with Gasteiger partial charge in [0.2, 0.25) is 0 Å². The lowest BCUT2D eigenvalue weighted by Gasteiger charge is -2.09. The molecular weight excluding hydrogens is 362 g/mol. The first-order chi connectivity index (χ1) is 13.0. The molecule has 0 spiro atoms. The van der Waals surface area contributed by atoms with E-state index in [1.54, 1.807) is 18.3 Å². The second kappa shape index (κ2) is 8.27. The first-order valence-corrected chi connectivity index (χ1v) is 9.17. The normalized spacial score (nSPS) is 10.7. The van der Waals surface area contributed by atoms with Crippen LogP contribution in [0.15, 0.2) is 48.7 Å². The molecule has 140 valence electrons. The van der Waals surface area contributed by atoms with Crippen LogP contribution in [0.5, 0.6) is 5.75 Å². The number of nitrogens with zero attached hydrogens (tertiary/aromatic N) is 2. The van der Waals surface area contributed by atoms with Crippen molar-refractivity contribution in [2.75, 3.05) is 5.32 Å². The van der Waals surface area contributed by atoms with Gasteiger partial charge in [-0.15, -0.1) is 0 Å². The van der Waals surface area contributed by atoms with E-state index in [9.17, 15) is 4.79 Å². The molecule has 0 fully saturated rings. The molecule has 0 saturated carbocycles. The Kier molecular flexibility index (Phi) is 5.81. The lowest BCUT2D eigenvalue weighted by atomic mass is 10.1. The van der Waals surface area contributed by atoms with Gasteiger partial charge < -0.3 is 10.1 Å². The molecule has 0 aliphatic rings. The monoisotopic (exact) mass is 383 g/mol. The number of aryl methyl sites for hydroxylation is 2. The predicted octanol–water partition coefficient (Wildman–Crippen LogP) is 5.00. The molecule has 3 aromatic rings. The first-order valence-electron chi connectivity index (χ1n) is 8.79. The third-order valence-electron chi connectivity index (χ3n) is 4.40. The Labute approximate surface area is 163 Å². The zero-order valence-corrected chi connectivity index (χ0v) is 16.4. The van der Waals surface area contributed by atoms with Crippen LogP contribution in [0, 0.1) is 13.8 Å². The number of carbonyl (C=O) groups excluding carboxylic acids is 1. The van der Waals surface area contributed by atoms with Crippen molar-refractivity contribution < 1.29 is 9.53 Å². The summed E-state index contributed by atoms with van der Waals surface area (Å²) >= 11 is 6.02. The van der Waals surface area contributed by atoms with E-state index >= 15 is 0 Å². The highest BCUT2D eigenvalue weighted by Gasteiger charge is 2.11. The van der Waals surface area contributed by atoms with Crippen molar-refractivity contribution in [1.82, 2.24) is 9.78 Å². The van der Waals surface area contributed by atoms with Crippen molar-refractivity contribution in [3.63, 3.8) is 0 Å². The maximum atomic E-state index is 12.4. The SMILES string of the molecule is CCn1ncc(NC(=O)c2ccc(COc3ccc(Cl)c(C)c3)cc2)c1C. The van der Waals surface area contributed by atoms with Crippen molar-refractivity contribution in [2.45, 2.75) is 33.9 Å². The molecule has 0 bridgehead atoms. The first kappa shape index (κ1) is 19.0. The summed E-state index contributed by atoms with van der Waals surface area (Å²) < 4.78 is 7.63. The number of aromatic nitrogens is 2. The fraction of sp³-hybridized carbons (Fsp3) is 0.238. The molecule has 27 heavy (non-hydrogen) atoms. The number of hydrogen-bond donors (Lipinski definition) is 1. The van der Waals surface area contributed by atoms with Gasteiger partial charge in [-0.25, -0.2) is 0 Å². The fourth-order valence-electron chi connectivity index (χ4n) is 2.71. The number of nitrogens with one attached hydrogen (secondary N) is 1. The Morgan fingerprint density at radius 3 is 2.56 bits per heavy atom. The van der Waals surface area contributed by atoms with Crippen LogP contribution in [0.1, 0.15) is 34.1 Å². The van der Waals surface area contributed by atoms with Crippen molar-refractivity contribution in [3.05, 3.63) is 76.1 Å². The van der Waals surface area contributed by atoms with Gasteiger partial charge in [-0.05, 0) is 62.2 Å². The molecule has 2 aromatic carbocycles. The molecule has 0 aliphatic carbocycles. The molecule has 1 amide bonds. The van der Waals surface area contributed by atoms with E-state index in [1.807, 2.05) is 55.8 Å². The molecule has 5 nitrogen and oxygen atoms in total. The lowest BCUT2D eigenvalue weighted by Crippen LogP contribution is -2.12. The number of rotatable bonds is 6.